The van der Waals surface area contributed by atoms with Gasteiger partial charge in [-0.15, -0.1) is 0 Å². The van der Waals surface area contributed by atoms with Gasteiger partial charge in [0, 0.05) is 23.1 Å². The Bertz CT molecular complexity index is 968. The highest BCUT2D eigenvalue weighted by Gasteiger charge is 2.31. The molecule has 0 aromatic rings. The Labute approximate surface area is 238 Å². The molecule has 8 nitrogen and oxygen atoms in total. The van der Waals surface area contributed by atoms with Crippen molar-refractivity contribution in [3.63, 3.8) is 0 Å². The molecule has 0 aliphatic rings. The van der Waals surface area contributed by atoms with Crippen molar-refractivity contribution in [1.82, 2.24) is 10.6 Å². The van der Waals surface area contributed by atoms with Gasteiger partial charge in [0.2, 0.25) is 11.8 Å². The van der Waals surface area contributed by atoms with Gasteiger partial charge in [-0.2, -0.15) is 0 Å². The molecule has 39 heavy (non-hydrogen) atoms. The summed E-state index contributed by atoms with van der Waals surface area (Å²) in [5.74, 6) is -1.40. The van der Waals surface area contributed by atoms with Gasteiger partial charge < -0.3 is 25.6 Å². The summed E-state index contributed by atoms with van der Waals surface area (Å²) < 4.78 is 4.52. The van der Waals surface area contributed by atoms with Crippen molar-refractivity contribution < 1.29 is 29.3 Å². The number of methoxy groups -OCH3 is 1. The second kappa shape index (κ2) is 19.2. The lowest BCUT2D eigenvalue weighted by molar-refractivity contribution is -0.134. The number of hydrogen-bond donors (Lipinski definition) is 4. The Morgan fingerprint density at radius 2 is 1.62 bits per heavy atom. The molecule has 0 aromatic heterocycles. The van der Waals surface area contributed by atoms with E-state index in [0.717, 1.165) is 5.57 Å². The average Bonchev–Trinajstić information content (AvgIpc) is 2.85. The number of aliphatic hydroxyl groups excluding tert-OH is 2. The minimum absolute atomic E-state index is 0.153. The van der Waals surface area contributed by atoms with Crippen LogP contribution in [-0.2, 0) is 19.1 Å². The fourth-order valence-corrected chi connectivity index (χ4v) is 3.32. The normalized spacial score (nSPS) is 16.6. The van der Waals surface area contributed by atoms with Gasteiger partial charge in [-0.1, -0.05) is 87.4 Å². The van der Waals surface area contributed by atoms with Crippen LogP contribution in [-0.4, -0.2) is 53.4 Å². The number of nitrogens with one attached hydrogen (secondary N) is 2. The van der Waals surface area contributed by atoms with E-state index in [-0.39, 0.29) is 11.8 Å². The summed E-state index contributed by atoms with van der Waals surface area (Å²) >= 11 is 5.76. The highest BCUT2D eigenvalue weighted by molar-refractivity contribution is 6.29. The van der Waals surface area contributed by atoms with Crippen LogP contribution in [0.5, 0.6) is 0 Å². The fourth-order valence-electron chi connectivity index (χ4n) is 3.23. The van der Waals surface area contributed by atoms with Crippen LogP contribution >= 0.6 is 11.6 Å². The average molecular weight is 565 g/mol. The highest BCUT2D eigenvalue weighted by atomic mass is 35.5. The molecule has 218 valence electrons. The van der Waals surface area contributed by atoms with Crippen LogP contribution in [0.4, 0.5) is 0 Å². The van der Waals surface area contributed by atoms with Gasteiger partial charge in [0.15, 0.2) is 0 Å². The number of hydrogen-bond acceptors (Lipinski definition) is 6. The lowest BCUT2D eigenvalue weighted by atomic mass is 9.86. The van der Waals surface area contributed by atoms with Gasteiger partial charge in [-0.3, -0.25) is 9.59 Å². The molecule has 0 aliphatic heterocycles. The van der Waals surface area contributed by atoms with Crippen molar-refractivity contribution in [3.8, 4) is 0 Å². The number of ether oxygens (including phenoxy) is 1. The minimum Gasteiger partial charge on any atom is -0.466 e. The Morgan fingerprint density at radius 1 is 0.974 bits per heavy atom. The molecular weight excluding hydrogens is 520 g/mol. The van der Waals surface area contributed by atoms with Crippen molar-refractivity contribution in [2.45, 2.75) is 79.1 Å². The number of halogens is 1. The van der Waals surface area contributed by atoms with E-state index in [9.17, 15) is 24.6 Å². The van der Waals surface area contributed by atoms with E-state index in [1.165, 1.54) is 25.5 Å². The Balaban J connectivity index is 4.91. The Kier molecular flexibility index (Phi) is 17.7. The highest BCUT2D eigenvalue weighted by Crippen LogP contribution is 2.19. The summed E-state index contributed by atoms with van der Waals surface area (Å²) in [6.45, 7) is 11.0. The number of allylic oxidation sites excluding steroid dienone is 5. The zero-order valence-electron chi connectivity index (χ0n) is 24.1. The molecule has 9 heteroatoms. The van der Waals surface area contributed by atoms with Gasteiger partial charge in [-0.25, -0.2) is 4.79 Å². The lowest BCUT2D eigenvalue weighted by Crippen LogP contribution is -2.52. The van der Waals surface area contributed by atoms with E-state index < -0.39 is 35.5 Å². The first-order valence-electron chi connectivity index (χ1n) is 12.9. The Hall–Kier alpha value is -2.94. The quantitative estimate of drug-likeness (QED) is 0.131. The topological polar surface area (TPSA) is 125 Å². The molecule has 0 spiro atoms. The monoisotopic (exact) mass is 564 g/mol. The molecule has 0 aromatic carbocycles. The fraction of sp³-hybridized carbons (Fsp3) is 0.500. The van der Waals surface area contributed by atoms with Crippen molar-refractivity contribution in [2.75, 3.05) is 7.11 Å². The molecule has 0 radical (unpaired) electrons. The molecule has 0 heterocycles. The summed E-state index contributed by atoms with van der Waals surface area (Å²) in [5, 5.41) is 26.2. The predicted molar refractivity (Wildman–Crippen MR) is 156 cm³/mol. The molecule has 2 amide bonds. The van der Waals surface area contributed by atoms with Crippen molar-refractivity contribution >= 4 is 29.4 Å². The summed E-state index contributed by atoms with van der Waals surface area (Å²) in [6, 6.07) is -0.785. The second-order valence-corrected chi connectivity index (χ2v) is 10.9. The first kappa shape index (κ1) is 36.1. The molecule has 0 saturated heterocycles. The third kappa shape index (κ3) is 18.1. The molecule has 0 aliphatic carbocycles. The van der Waals surface area contributed by atoms with Crippen molar-refractivity contribution in [3.05, 3.63) is 71.5 Å². The van der Waals surface area contributed by atoms with Crippen LogP contribution in [0.25, 0.3) is 0 Å². The number of carbonyl (C=O) groups is 3. The number of esters is 1. The third-order valence-corrected chi connectivity index (χ3v) is 5.68. The largest absolute Gasteiger partial charge is 0.466 e. The third-order valence-electron chi connectivity index (χ3n) is 5.52. The minimum atomic E-state index is -0.785. The molecule has 4 unspecified atom stereocenters. The van der Waals surface area contributed by atoms with Gasteiger partial charge in [0.25, 0.3) is 0 Å². The van der Waals surface area contributed by atoms with Crippen LogP contribution in [0.15, 0.2) is 71.5 Å². The van der Waals surface area contributed by atoms with Crippen LogP contribution in [0.1, 0.15) is 60.8 Å². The van der Waals surface area contributed by atoms with E-state index >= 15 is 0 Å². The molecule has 0 saturated carbocycles. The van der Waals surface area contributed by atoms with E-state index in [2.05, 4.69) is 15.4 Å². The zero-order chi connectivity index (χ0) is 30.0. The SMILES string of the molecule is COC(=O)/C=C/CC(O)C(C)/C=C(C)/C=C\C=C/C(=O)NC(C(=O)N/C=C\CC(O)C/C=C(\C)Cl)C(C)(C)C. The molecule has 4 N–H and O–H groups in total. The standard InChI is InChI=1S/C30H45ClN2O6/c1-21(20-22(2)25(35)14-10-16-27(37)39-7)12-8-9-15-26(36)33-28(30(4,5)6)29(38)32-19-11-13-24(34)18-17-23(3)31/h8-12,15-17,19-20,22,24-25,28,34-35H,13-14,18H2,1-7H3,(H,32,38)(H,33,36)/b12-8-,15-9-,16-10+,19-11-,21-20+,23-17+. The van der Waals surface area contributed by atoms with Gasteiger partial charge in [0.05, 0.1) is 19.3 Å². The maximum absolute atomic E-state index is 12.7. The summed E-state index contributed by atoms with van der Waals surface area (Å²) in [6.07, 6.45) is 15.8. The second-order valence-electron chi connectivity index (χ2n) is 10.4. The number of amides is 2. The van der Waals surface area contributed by atoms with E-state index in [0.29, 0.717) is 24.3 Å². The van der Waals surface area contributed by atoms with Crippen LogP contribution in [0.3, 0.4) is 0 Å². The lowest BCUT2D eigenvalue weighted by Gasteiger charge is -2.29. The molecular formula is C30H45ClN2O6. The zero-order valence-corrected chi connectivity index (χ0v) is 24.9. The maximum Gasteiger partial charge on any atom is 0.330 e. The number of carbonyl (C=O) groups excluding carboxylic acids is 3. The Morgan fingerprint density at radius 3 is 2.21 bits per heavy atom. The van der Waals surface area contributed by atoms with Gasteiger partial charge >= 0.3 is 5.97 Å². The van der Waals surface area contributed by atoms with Crippen molar-refractivity contribution in [1.29, 1.82) is 0 Å². The van der Waals surface area contributed by atoms with Crippen LogP contribution < -0.4 is 10.6 Å². The summed E-state index contributed by atoms with van der Waals surface area (Å²) in [4.78, 5) is 36.3. The van der Waals surface area contributed by atoms with Crippen LogP contribution in [0.2, 0.25) is 0 Å². The first-order valence-corrected chi connectivity index (χ1v) is 13.3. The molecule has 0 fully saturated rings. The number of aliphatic hydroxyl groups is 2. The number of rotatable bonds is 15. The van der Waals surface area contributed by atoms with E-state index in [1.54, 1.807) is 43.4 Å². The van der Waals surface area contributed by atoms with E-state index in [4.69, 9.17) is 11.6 Å². The summed E-state index contributed by atoms with van der Waals surface area (Å²) in [7, 11) is 1.29. The van der Waals surface area contributed by atoms with Crippen molar-refractivity contribution in [2.24, 2.45) is 11.3 Å². The molecule has 0 rings (SSSR count). The maximum atomic E-state index is 12.7. The van der Waals surface area contributed by atoms with Crippen LogP contribution in [0, 0.1) is 11.3 Å². The summed E-state index contributed by atoms with van der Waals surface area (Å²) in [5.41, 5.74) is 0.350. The predicted octanol–water partition coefficient (Wildman–Crippen LogP) is 4.61. The van der Waals surface area contributed by atoms with Gasteiger partial charge in [0.1, 0.15) is 6.04 Å². The smallest absolute Gasteiger partial charge is 0.330 e. The molecule has 0 bridgehead atoms. The van der Waals surface area contributed by atoms with E-state index in [1.807, 2.05) is 40.7 Å². The molecule has 4 atom stereocenters. The first-order chi connectivity index (χ1) is 18.2. The van der Waals surface area contributed by atoms with Gasteiger partial charge in [-0.05, 0) is 44.7 Å².